The molecule has 4 nitrogen and oxygen atoms in total. The zero-order valence-electron chi connectivity index (χ0n) is 14.5. The number of Topliss-reactive ketones (excluding diaryl/α,β-unsaturated/α-hetero) is 2. The van der Waals surface area contributed by atoms with Crippen molar-refractivity contribution in [2.75, 3.05) is 26.2 Å². The van der Waals surface area contributed by atoms with Crippen LogP contribution in [0.4, 0.5) is 0 Å². The summed E-state index contributed by atoms with van der Waals surface area (Å²) >= 11 is 0. The Morgan fingerprint density at radius 2 is 0.909 bits per heavy atom. The first-order valence-electron chi connectivity index (χ1n) is 8.12. The van der Waals surface area contributed by atoms with Crippen LogP contribution in [-0.2, 0) is 9.59 Å². The number of hydrogen-bond acceptors (Lipinski definition) is 4. The van der Waals surface area contributed by atoms with E-state index in [-0.39, 0.29) is 22.4 Å². The Morgan fingerprint density at radius 3 is 1.09 bits per heavy atom. The molecule has 0 atom stereocenters. The van der Waals surface area contributed by atoms with Crippen molar-refractivity contribution in [1.29, 1.82) is 0 Å². The van der Waals surface area contributed by atoms with E-state index >= 15 is 0 Å². The van der Waals surface area contributed by atoms with Crippen LogP contribution in [0.5, 0.6) is 0 Å². The zero-order chi connectivity index (χ0) is 16.4. The van der Waals surface area contributed by atoms with Crippen LogP contribution in [0.1, 0.15) is 41.5 Å². The molecule has 0 aromatic rings. The summed E-state index contributed by atoms with van der Waals surface area (Å²) < 4.78 is 0. The van der Waals surface area contributed by atoms with Crippen molar-refractivity contribution in [2.24, 2.45) is 10.8 Å². The molecule has 2 aliphatic heterocycles. The van der Waals surface area contributed by atoms with Crippen LogP contribution in [0.25, 0.3) is 0 Å². The number of hydrogen-bond donors (Lipinski definition) is 0. The summed E-state index contributed by atoms with van der Waals surface area (Å²) in [6, 6.07) is 0. The van der Waals surface area contributed by atoms with Crippen molar-refractivity contribution < 1.29 is 9.59 Å². The Hall–Kier alpha value is -1.58. The molecule has 22 heavy (non-hydrogen) atoms. The molecule has 2 saturated heterocycles. The van der Waals surface area contributed by atoms with E-state index in [4.69, 9.17) is 0 Å². The van der Waals surface area contributed by atoms with Gasteiger partial charge in [0.05, 0.1) is 11.4 Å². The summed E-state index contributed by atoms with van der Waals surface area (Å²) in [6.45, 7) is 15.7. The van der Waals surface area contributed by atoms with Gasteiger partial charge in [0, 0.05) is 37.3 Å². The number of ketones is 2. The third-order valence-corrected chi connectivity index (χ3v) is 4.38. The Bertz CT molecular complexity index is 562. The first kappa shape index (κ1) is 15.3. The highest BCUT2D eigenvalue weighted by atomic mass is 16.1. The van der Waals surface area contributed by atoms with Gasteiger partial charge >= 0.3 is 0 Å². The molecule has 3 aliphatic rings. The van der Waals surface area contributed by atoms with Gasteiger partial charge in [-0.3, -0.25) is 9.59 Å². The number of carbonyl (C=O) groups is 2. The van der Waals surface area contributed by atoms with Crippen LogP contribution in [0.15, 0.2) is 22.5 Å². The topological polar surface area (TPSA) is 40.2 Å². The third kappa shape index (κ3) is 2.38. The fourth-order valence-corrected chi connectivity index (χ4v) is 3.22. The molecule has 0 aromatic carbocycles. The van der Waals surface area contributed by atoms with Gasteiger partial charge in [0.25, 0.3) is 0 Å². The SMILES string of the molecule is CC(C)(C)C1=C(N2CC2)C(=O)C(C(C)(C)C)=C(N2CC2)C1=O. The molecule has 0 spiro atoms. The highest BCUT2D eigenvalue weighted by Gasteiger charge is 2.48. The van der Waals surface area contributed by atoms with Crippen LogP contribution in [0, 0.1) is 10.8 Å². The third-order valence-electron chi connectivity index (χ3n) is 4.38. The van der Waals surface area contributed by atoms with Crippen molar-refractivity contribution in [1.82, 2.24) is 9.80 Å². The standard InChI is InChI=1S/C18H26N2O2/c1-17(2,3)11-13(19-7-8-19)16(22)12(18(4,5)6)14(15(11)21)20-9-10-20/h7-10H2,1-6H3. The Balaban J connectivity index is 2.22. The van der Waals surface area contributed by atoms with Crippen LogP contribution < -0.4 is 0 Å². The van der Waals surface area contributed by atoms with E-state index in [9.17, 15) is 9.59 Å². The monoisotopic (exact) mass is 302 g/mol. The maximum absolute atomic E-state index is 13.3. The summed E-state index contributed by atoms with van der Waals surface area (Å²) in [6.07, 6.45) is 0. The van der Waals surface area contributed by atoms with E-state index in [0.717, 1.165) is 26.2 Å². The lowest BCUT2D eigenvalue weighted by molar-refractivity contribution is -0.119. The minimum atomic E-state index is -0.324. The molecule has 4 heteroatoms. The van der Waals surface area contributed by atoms with Gasteiger partial charge in [0.2, 0.25) is 11.6 Å². The first-order chi connectivity index (χ1) is 10.0. The number of allylic oxidation sites excluding steroid dienone is 2. The van der Waals surface area contributed by atoms with Gasteiger partial charge in [0.15, 0.2) is 0 Å². The highest BCUT2D eigenvalue weighted by molar-refractivity contribution is 6.25. The van der Waals surface area contributed by atoms with Gasteiger partial charge < -0.3 is 9.80 Å². The molecule has 1 aliphatic carbocycles. The van der Waals surface area contributed by atoms with E-state index in [1.165, 1.54) is 0 Å². The fraction of sp³-hybridized carbons (Fsp3) is 0.667. The quantitative estimate of drug-likeness (QED) is 0.580. The predicted molar refractivity (Wildman–Crippen MR) is 86.1 cm³/mol. The number of rotatable bonds is 2. The first-order valence-corrected chi connectivity index (χ1v) is 8.12. The van der Waals surface area contributed by atoms with Crippen molar-refractivity contribution >= 4 is 11.6 Å². The average Bonchev–Trinajstić information content (AvgIpc) is 3.21. The summed E-state index contributed by atoms with van der Waals surface area (Å²) in [5.41, 5.74) is 2.07. The van der Waals surface area contributed by atoms with Gasteiger partial charge in [-0.15, -0.1) is 0 Å². The highest BCUT2D eigenvalue weighted by Crippen LogP contribution is 2.45. The Morgan fingerprint density at radius 1 is 0.636 bits per heavy atom. The van der Waals surface area contributed by atoms with Crippen LogP contribution in [0.3, 0.4) is 0 Å². The smallest absolute Gasteiger partial charge is 0.208 e. The summed E-state index contributed by atoms with van der Waals surface area (Å²) in [4.78, 5) is 30.6. The molecule has 120 valence electrons. The van der Waals surface area contributed by atoms with Crippen LogP contribution in [-0.4, -0.2) is 47.5 Å². The van der Waals surface area contributed by atoms with Crippen LogP contribution in [0.2, 0.25) is 0 Å². The molecule has 0 saturated carbocycles. The Kier molecular flexibility index (Phi) is 3.11. The molecule has 0 bridgehead atoms. The fourth-order valence-electron chi connectivity index (χ4n) is 3.22. The minimum absolute atomic E-state index is 0.0661. The molecule has 0 unspecified atom stereocenters. The molecule has 0 radical (unpaired) electrons. The lowest BCUT2D eigenvalue weighted by atomic mass is 9.71. The summed E-state index contributed by atoms with van der Waals surface area (Å²) in [5, 5.41) is 0. The van der Waals surface area contributed by atoms with Gasteiger partial charge in [-0.2, -0.15) is 0 Å². The second-order valence-electron chi connectivity index (χ2n) is 8.58. The van der Waals surface area contributed by atoms with E-state index in [2.05, 4.69) is 0 Å². The molecule has 2 fully saturated rings. The molecular weight excluding hydrogens is 276 g/mol. The lowest BCUT2D eigenvalue weighted by Gasteiger charge is -2.35. The van der Waals surface area contributed by atoms with Gasteiger partial charge in [0.1, 0.15) is 0 Å². The molecule has 2 heterocycles. The van der Waals surface area contributed by atoms with Gasteiger partial charge in [-0.25, -0.2) is 0 Å². The van der Waals surface area contributed by atoms with Crippen molar-refractivity contribution in [3.8, 4) is 0 Å². The second-order valence-corrected chi connectivity index (χ2v) is 8.58. The molecule has 0 N–H and O–H groups in total. The molecule has 3 rings (SSSR count). The van der Waals surface area contributed by atoms with Crippen LogP contribution >= 0.6 is 0 Å². The second kappa shape index (κ2) is 4.46. The predicted octanol–water partition coefficient (Wildman–Crippen LogP) is 2.37. The maximum atomic E-state index is 13.3. The number of carbonyl (C=O) groups excluding carboxylic acids is 2. The molecular formula is C18H26N2O2. The normalized spacial score (nSPS) is 22.8. The van der Waals surface area contributed by atoms with Crippen molar-refractivity contribution in [3.05, 3.63) is 22.5 Å². The van der Waals surface area contributed by atoms with Gasteiger partial charge in [-0.05, 0) is 10.8 Å². The minimum Gasteiger partial charge on any atom is -0.364 e. The van der Waals surface area contributed by atoms with E-state index < -0.39 is 0 Å². The molecule has 0 aromatic heterocycles. The van der Waals surface area contributed by atoms with Crippen molar-refractivity contribution in [2.45, 2.75) is 41.5 Å². The van der Waals surface area contributed by atoms with E-state index in [1.807, 2.05) is 51.3 Å². The summed E-state index contributed by atoms with van der Waals surface area (Å²) in [5.74, 6) is 0.132. The molecule has 0 amide bonds. The maximum Gasteiger partial charge on any atom is 0.208 e. The zero-order valence-corrected chi connectivity index (χ0v) is 14.5. The van der Waals surface area contributed by atoms with E-state index in [0.29, 0.717) is 22.5 Å². The largest absolute Gasteiger partial charge is 0.364 e. The van der Waals surface area contributed by atoms with Crippen molar-refractivity contribution in [3.63, 3.8) is 0 Å². The summed E-state index contributed by atoms with van der Waals surface area (Å²) in [7, 11) is 0. The van der Waals surface area contributed by atoms with Gasteiger partial charge in [-0.1, -0.05) is 41.5 Å². The Labute approximate surface area is 132 Å². The number of nitrogens with zero attached hydrogens (tertiary/aromatic N) is 2. The average molecular weight is 302 g/mol. The van der Waals surface area contributed by atoms with E-state index in [1.54, 1.807) is 0 Å². The lowest BCUT2D eigenvalue weighted by Crippen LogP contribution is -2.38.